The molecule has 3 rings (SSSR count). The van der Waals surface area contributed by atoms with Crippen LogP contribution in [0, 0.1) is 0 Å². The van der Waals surface area contributed by atoms with E-state index in [0.29, 0.717) is 47.5 Å². The average Bonchev–Trinajstić information content (AvgIpc) is 3.22. The molecular weight excluding hydrogens is 362 g/mol. The summed E-state index contributed by atoms with van der Waals surface area (Å²) in [5.74, 6) is 2.45. The molecule has 0 spiro atoms. The molecule has 8 heteroatoms. The van der Waals surface area contributed by atoms with Crippen molar-refractivity contribution in [1.29, 1.82) is 0 Å². The van der Waals surface area contributed by atoms with Crippen molar-refractivity contribution >= 4 is 5.91 Å². The molecule has 1 heterocycles. The Kier molecular flexibility index (Phi) is 6.11. The summed E-state index contributed by atoms with van der Waals surface area (Å²) >= 11 is 0. The molecular formula is C20H21N3O5. The van der Waals surface area contributed by atoms with Crippen molar-refractivity contribution in [2.24, 2.45) is 0 Å². The highest BCUT2D eigenvalue weighted by Crippen LogP contribution is 2.27. The van der Waals surface area contributed by atoms with Gasteiger partial charge in [0, 0.05) is 24.1 Å². The fourth-order valence-corrected chi connectivity index (χ4v) is 2.60. The van der Waals surface area contributed by atoms with Crippen LogP contribution in [0.2, 0.25) is 0 Å². The van der Waals surface area contributed by atoms with Crippen molar-refractivity contribution in [2.75, 3.05) is 27.9 Å². The maximum Gasteiger partial charge on any atom is 0.251 e. The maximum absolute atomic E-state index is 12.3. The summed E-state index contributed by atoms with van der Waals surface area (Å²) in [6.07, 6.45) is 0.413. The molecule has 1 aromatic heterocycles. The molecule has 2 aromatic carbocycles. The third-order valence-corrected chi connectivity index (χ3v) is 4.07. The minimum absolute atomic E-state index is 0.228. The highest BCUT2D eigenvalue weighted by molar-refractivity contribution is 5.94. The second kappa shape index (κ2) is 8.90. The molecule has 0 aliphatic rings. The van der Waals surface area contributed by atoms with Gasteiger partial charge in [-0.05, 0) is 30.3 Å². The van der Waals surface area contributed by atoms with Crippen molar-refractivity contribution in [2.45, 2.75) is 6.42 Å². The van der Waals surface area contributed by atoms with Gasteiger partial charge in [0.2, 0.25) is 11.7 Å². The second-order valence-corrected chi connectivity index (χ2v) is 5.82. The Morgan fingerprint density at radius 2 is 1.86 bits per heavy atom. The standard InChI is InChI=1S/C20H21N3O5/c1-25-15-6-4-5-13(11-15)19-22-18(28-23-19)9-10-21-20(24)14-7-8-16(26-2)17(12-14)27-3/h4-8,11-12H,9-10H2,1-3H3,(H,21,24). The Labute approximate surface area is 162 Å². The number of methoxy groups -OCH3 is 3. The molecule has 0 aliphatic carbocycles. The topological polar surface area (TPSA) is 95.7 Å². The van der Waals surface area contributed by atoms with Crippen LogP contribution in [-0.2, 0) is 6.42 Å². The number of aromatic nitrogens is 2. The lowest BCUT2D eigenvalue weighted by Crippen LogP contribution is -2.25. The van der Waals surface area contributed by atoms with Crippen molar-refractivity contribution in [3.8, 4) is 28.6 Å². The number of ether oxygens (including phenoxy) is 3. The summed E-state index contributed by atoms with van der Waals surface area (Å²) < 4.78 is 20.8. The minimum Gasteiger partial charge on any atom is -0.497 e. The molecule has 0 saturated heterocycles. The minimum atomic E-state index is -0.228. The largest absolute Gasteiger partial charge is 0.497 e. The lowest BCUT2D eigenvalue weighted by atomic mass is 10.2. The molecule has 0 saturated carbocycles. The molecule has 146 valence electrons. The van der Waals surface area contributed by atoms with Crippen molar-refractivity contribution in [3.63, 3.8) is 0 Å². The number of rotatable bonds is 8. The molecule has 0 atom stereocenters. The number of carbonyl (C=O) groups excluding carboxylic acids is 1. The van der Waals surface area contributed by atoms with Gasteiger partial charge in [-0.3, -0.25) is 4.79 Å². The van der Waals surface area contributed by atoms with Gasteiger partial charge in [0.15, 0.2) is 11.5 Å². The van der Waals surface area contributed by atoms with E-state index in [9.17, 15) is 4.79 Å². The Bertz CT molecular complexity index is 955. The van der Waals surface area contributed by atoms with E-state index in [-0.39, 0.29) is 5.91 Å². The van der Waals surface area contributed by atoms with Gasteiger partial charge in [-0.15, -0.1) is 0 Å². The average molecular weight is 383 g/mol. The molecule has 3 aromatic rings. The quantitative estimate of drug-likeness (QED) is 0.639. The van der Waals surface area contributed by atoms with Crippen molar-refractivity contribution in [3.05, 3.63) is 53.9 Å². The lowest BCUT2D eigenvalue weighted by Gasteiger charge is -2.09. The van der Waals surface area contributed by atoms with E-state index in [4.69, 9.17) is 18.7 Å². The zero-order valence-corrected chi connectivity index (χ0v) is 15.9. The molecule has 28 heavy (non-hydrogen) atoms. The van der Waals surface area contributed by atoms with Gasteiger partial charge in [0.05, 0.1) is 21.3 Å². The Morgan fingerprint density at radius 3 is 2.61 bits per heavy atom. The Morgan fingerprint density at radius 1 is 1.04 bits per heavy atom. The molecule has 0 unspecified atom stereocenters. The fourth-order valence-electron chi connectivity index (χ4n) is 2.60. The summed E-state index contributed by atoms with van der Waals surface area (Å²) in [5, 5.41) is 6.80. The first-order valence-electron chi connectivity index (χ1n) is 8.62. The molecule has 0 fully saturated rings. The first-order valence-corrected chi connectivity index (χ1v) is 8.62. The summed E-state index contributed by atoms with van der Waals surface area (Å²) in [5.41, 5.74) is 1.27. The summed E-state index contributed by atoms with van der Waals surface area (Å²) in [4.78, 5) is 16.7. The SMILES string of the molecule is COc1cccc(-c2noc(CCNC(=O)c3ccc(OC)c(OC)c3)n2)c1. The first-order chi connectivity index (χ1) is 13.6. The lowest BCUT2D eigenvalue weighted by molar-refractivity contribution is 0.0953. The number of carbonyl (C=O) groups is 1. The monoisotopic (exact) mass is 383 g/mol. The molecule has 0 bridgehead atoms. The highest BCUT2D eigenvalue weighted by atomic mass is 16.5. The van der Waals surface area contributed by atoms with Crippen molar-refractivity contribution in [1.82, 2.24) is 15.5 Å². The predicted molar refractivity (Wildman–Crippen MR) is 102 cm³/mol. The maximum atomic E-state index is 12.3. The normalized spacial score (nSPS) is 10.4. The summed E-state index contributed by atoms with van der Waals surface area (Å²) in [6.45, 7) is 0.354. The van der Waals surface area contributed by atoms with E-state index in [0.717, 1.165) is 5.56 Å². The summed E-state index contributed by atoms with van der Waals surface area (Å²) in [6, 6.07) is 12.4. The van der Waals surface area contributed by atoms with E-state index in [1.807, 2.05) is 24.3 Å². The molecule has 8 nitrogen and oxygen atoms in total. The fraction of sp³-hybridized carbons (Fsp3) is 0.250. The number of hydrogen-bond donors (Lipinski definition) is 1. The van der Waals surface area contributed by atoms with Gasteiger partial charge < -0.3 is 24.1 Å². The summed E-state index contributed by atoms with van der Waals surface area (Å²) in [7, 11) is 4.67. The van der Waals surface area contributed by atoms with Gasteiger partial charge in [0.1, 0.15) is 5.75 Å². The first kappa shape index (κ1) is 19.2. The molecule has 0 aliphatic heterocycles. The van der Waals surface area contributed by atoms with Gasteiger partial charge >= 0.3 is 0 Å². The Hall–Kier alpha value is -3.55. The van der Waals surface area contributed by atoms with Crippen LogP contribution >= 0.6 is 0 Å². The van der Waals surface area contributed by atoms with Crippen LogP contribution in [0.25, 0.3) is 11.4 Å². The van der Waals surface area contributed by atoms with E-state index >= 15 is 0 Å². The third-order valence-electron chi connectivity index (χ3n) is 4.07. The van der Waals surface area contributed by atoms with E-state index in [2.05, 4.69) is 15.5 Å². The van der Waals surface area contributed by atoms with Crippen LogP contribution in [0.15, 0.2) is 47.0 Å². The van der Waals surface area contributed by atoms with Gasteiger partial charge in [-0.1, -0.05) is 17.3 Å². The van der Waals surface area contributed by atoms with Crippen molar-refractivity contribution < 1.29 is 23.5 Å². The Balaban J connectivity index is 1.58. The molecule has 1 amide bonds. The highest BCUT2D eigenvalue weighted by Gasteiger charge is 2.12. The number of hydrogen-bond acceptors (Lipinski definition) is 7. The zero-order chi connectivity index (χ0) is 19.9. The van der Waals surface area contributed by atoms with E-state index < -0.39 is 0 Å². The van der Waals surface area contributed by atoms with Crippen LogP contribution in [0.5, 0.6) is 17.2 Å². The van der Waals surface area contributed by atoms with Crippen LogP contribution in [0.1, 0.15) is 16.2 Å². The van der Waals surface area contributed by atoms with Crippen LogP contribution in [-0.4, -0.2) is 43.9 Å². The predicted octanol–water partition coefficient (Wildman–Crippen LogP) is 2.73. The third kappa shape index (κ3) is 4.40. The van der Waals surface area contributed by atoms with Crippen LogP contribution in [0.3, 0.4) is 0 Å². The van der Waals surface area contributed by atoms with E-state index in [1.54, 1.807) is 32.4 Å². The second-order valence-electron chi connectivity index (χ2n) is 5.82. The van der Waals surface area contributed by atoms with Gasteiger partial charge in [-0.2, -0.15) is 4.98 Å². The smallest absolute Gasteiger partial charge is 0.251 e. The molecule has 0 radical (unpaired) electrons. The van der Waals surface area contributed by atoms with Gasteiger partial charge in [-0.25, -0.2) is 0 Å². The number of amides is 1. The van der Waals surface area contributed by atoms with E-state index in [1.165, 1.54) is 7.11 Å². The zero-order valence-electron chi connectivity index (χ0n) is 15.9. The number of benzene rings is 2. The van der Waals surface area contributed by atoms with Crippen LogP contribution < -0.4 is 19.5 Å². The van der Waals surface area contributed by atoms with Crippen LogP contribution in [0.4, 0.5) is 0 Å². The van der Waals surface area contributed by atoms with Gasteiger partial charge in [0.25, 0.3) is 5.91 Å². The number of nitrogens with zero attached hydrogens (tertiary/aromatic N) is 2. The number of nitrogens with one attached hydrogen (secondary N) is 1. The molecule has 1 N–H and O–H groups in total.